The first-order valence-electron chi connectivity index (χ1n) is 5.63. The van der Waals surface area contributed by atoms with Crippen LogP contribution in [0.5, 0.6) is 0 Å². The number of hydrogen-bond donors (Lipinski definition) is 1. The van der Waals surface area contributed by atoms with Gasteiger partial charge < -0.3 is 0 Å². The fourth-order valence-corrected chi connectivity index (χ4v) is 4.38. The van der Waals surface area contributed by atoms with E-state index in [1.807, 2.05) is 0 Å². The predicted octanol–water partition coefficient (Wildman–Crippen LogP) is 4.60. The Balaban J connectivity index is 2.45. The summed E-state index contributed by atoms with van der Waals surface area (Å²) in [7, 11) is -3.98. The second-order valence-electron chi connectivity index (χ2n) is 4.30. The van der Waals surface area contributed by atoms with E-state index >= 15 is 0 Å². The Bertz CT molecular complexity index is 790. The monoisotopic (exact) mass is 439 g/mol. The van der Waals surface area contributed by atoms with E-state index < -0.39 is 21.7 Å². The molecule has 8 heteroatoms. The highest BCUT2D eigenvalue weighted by atomic mass is 79.9. The minimum absolute atomic E-state index is 0.0374. The summed E-state index contributed by atoms with van der Waals surface area (Å²) in [6, 6.07) is 5.51. The Morgan fingerprint density at radius 1 is 0.952 bits per heavy atom. The third kappa shape index (κ3) is 3.81. The van der Waals surface area contributed by atoms with Crippen LogP contribution in [0, 0.1) is 18.6 Å². The Morgan fingerprint density at radius 3 is 2.10 bits per heavy atom. The third-order valence-corrected chi connectivity index (χ3v) is 5.81. The van der Waals surface area contributed by atoms with E-state index in [1.54, 1.807) is 13.0 Å². The molecule has 0 heterocycles. The molecule has 0 aromatic heterocycles. The Kier molecular flexibility index (Phi) is 4.69. The second kappa shape index (κ2) is 6.02. The maximum Gasteiger partial charge on any atom is 0.263 e. The smallest absolute Gasteiger partial charge is 0.263 e. The van der Waals surface area contributed by atoms with E-state index in [0.717, 1.165) is 17.7 Å². The lowest BCUT2D eigenvalue weighted by molar-refractivity contribution is 0.584. The van der Waals surface area contributed by atoms with Crippen molar-refractivity contribution in [2.45, 2.75) is 11.8 Å². The van der Waals surface area contributed by atoms with Gasteiger partial charge >= 0.3 is 0 Å². The average molecular weight is 441 g/mol. The van der Waals surface area contributed by atoms with E-state index in [0.29, 0.717) is 15.0 Å². The van der Waals surface area contributed by atoms with E-state index in [-0.39, 0.29) is 10.6 Å². The molecular formula is C13H9Br2F2NO2S. The summed E-state index contributed by atoms with van der Waals surface area (Å²) < 4.78 is 53.9. The van der Waals surface area contributed by atoms with E-state index in [2.05, 4.69) is 36.6 Å². The normalized spacial score (nSPS) is 11.5. The zero-order valence-electron chi connectivity index (χ0n) is 10.6. The highest BCUT2D eigenvalue weighted by Crippen LogP contribution is 2.30. The van der Waals surface area contributed by atoms with E-state index in [1.165, 1.54) is 6.07 Å². The van der Waals surface area contributed by atoms with Crippen molar-refractivity contribution in [3.8, 4) is 0 Å². The van der Waals surface area contributed by atoms with Crippen LogP contribution in [0.2, 0.25) is 0 Å². The Morgan fingerprint density at radius 2 is 1.52 bits per heavy atom. The molecule has 2 aromatic rings. The number of rotatable bonds is 3. The molecule has 0 unspecified atom stereocenters. The van der Waals surface area contributed by atoms with Crippen molar-refractivity contribution in [3.63, 3.8) is 0 Å². The minimum atomic E-state index is -3.98. The molecule has 0 aliphatic heterocycles. The fraction of sp³-hybridized carbons (Fsp3) is 0.0769. The van der Waals surface area contributed by atoms with Gasteiger partial charge in [-0.25, -0.2) is 17.2 Å². The van der Waals surface area contributed by atoms with E-state index in [4.69, 9.17) is 0 Å². The lowest BCUT2D eigenvalue weighted by Gasteiger charge is -2.11. The topological polar surface area (TPSA) is 46.2 Å². The summed E-state index contributed by atoms with van der Waals surface area (Å²) in [5.74, 6) is -1.73. The maximum absolute atomic E-state index is 13.1. The van der Waals surface area contributed by atoms with Gasteiger partial charge in [0.2, 0.25) is 0 Å². The molecule has 3 nitrogen and oxygen atoms in total. The summed E-state index contributed by atoms with van der Waals surface area (Å²) in [6.07, 6.45) is 0. The zero-order valence-corrected chi connectivity index (χ0v) is 14.6. The third-order valence-electron chi connectivity index (χ3n) is 2.62. The molecule has 2 rings (SSSR count). The van der Waals surface area contributed by atoms with Crippen LogP contribution in [0.4, 0.5) is 14.5 Å². The van der Waals surface area contributed by atoms with Gasteiger partial charge in [-0.05, 0) is 52.7 Å². The van der Waals surface area contributed by atoms with E-state index in [9.17, 15) is 17.2 Å². The summed E-state index contributed by atoms with van der Waals surface area (Å²) in [4.78, 5) is -0.0374. The van der Waals surface area contributed by atoms with Crippen LogP contribution in [-0.4, -0.2) is 8.42 Å². The molecule has 1 N–H and O–H groups in total. The fourth-order valence-electron chi connectivity index (χ4n) is 1.66. The number of anilines is 1. The second-order valence-corrected chi connectivity index (χ2v) is 7.65. The number of aryl methyl sites for hydroxylation is 1. The van der Waals surface area contributed by atoms with Crippen LogP contribution in [0.1, 0.15) is 5.56 Å². The lowest BCUT2D eigenvalue weighted by Crippen LogP contribution is -2.14. The largest absolute Gasteiger partial charge is 0.279 e. The zero-order chi connectivity index (χ0) is 15.8. The maximum atomic E-state index is 13.1. The molecule has 0 bridgehead atoms. The highest BCUT2D eigenvalue weighted by molar-refractivity contribution is 9.11. The van der Waals surface area contributed by atoms with Gasteiger partial charge in [-0.15, -0.1) is 0 Å². The van der Waals surface area contributed by atoms with Crippen LogP contribution < -0.4 is 4.72 Å². The molecule has 0 aliphatic rings. The molecule has 0 spiro atoms. The first-order chi connectivity index (χ1) is 9.69. The van der Waals surface area contributed by atoms with Gasteiger partial charge in [-0.2, -0.15) is 0 Å². The minimum Gasteiger partial charge on any atom is -0.279 e. The number of hydrogen-bond acceptors (Lipinski definition) is 2. The first-order valence-corrected chi connectivity index (χ1v) is 8.70. The molecule has 21 heavy (non-hydrogen) atoms. The number of halogens is 4. The first kappa shape index (κ1) is 16.4. The number of sulfonamides is 1. The van der Waals surface area contributed by atoms with Gasteiger partial charge in [0.05, 0.1) is 5.69 Å². The summed E-state index contributed by atoms with van der Waals surface area (Å²) >= 11 is 6.42. The number of nitrogens with one attached hydrogen (secondary N) is 1. The van der Waals surface area contributed by atoms with Crippen molar-refractivity contribution < 1.29 is 17.2 Å². The van der Waals surface area contributed by atoms with Gasteiger partial charge in [0.25, 0.3) is 10.0 Å². The lowest BCUT2D eigenvalue weighted by atomic mass is 10.2. The number of benzene rings is 2. The van der Waals surface area contributed by atoms with Crippen molar-refractivity contribution >= 4 is 47.6 Å². The molecule has 0 atom stereocenters. The molecule has 112 valence electrons. The molecule has 0 amide bonds. The van der Waals surface area contributed by atoms with Crippen molar-refractivity contribution in [3.05, 3.63) is 56.5 Å². The van der Waals surface area contributed by atoms with Crippen molar-refractivity contribution in [1.82, 2.24) is 0 Å². The SMILES string of the molecule is Cc1cc(Br)c(S(=O)(=O)Nc2cc(F)cc(F)c2)cc1Br. The summed E-state index contributed by atoms with van der Waals surface area (Å²) in [6.45, 7) is 1.81. The summed E-state index contributed by atoms with van der Waals surface area (Å²) in [5, 5.41) is 0. The van der Waals surface area contributed by atoms with Crippen LogP contribution in [0.3, 0.4) is 0 Å². The molecule has 0 aliphatic carbocycles. The van der Waals surface area contributed by atoms with Crippen LogP contribution >= 0.6 is 31.9 Å². The average Bonchev–Trinajstić information content (AvgIpc) is 2.31. The van der Waals surface area contributed by atoms with Crippen LogP contribution in [0.15, 0.2) is 44.2 Å². The molecule has 2 aromatic carbocycles. The van der Waals surface area contributed by atoms with Crippen molar-refractivity contribution in [1.29, 1.82) is 0 Å². The van der Waals surface area contributed by atoms with Gasteiger partial charge in [0, 0.05) is 15.0 Å². The standard InChI is InChI=1S/C13H9Br2F2NO2S/c1-7-2-12(15)13(6-11(7)14)21(19,20)18-10-4-8(16)3-9(17)5-10/h2-6,18H,1H3. The molecular weight excluding hydrogens is 432 g/mol. The predicted molar refractivity (Wildman–Crippen MR) is 83.7 cm³/mol. The van der Waals surface area contributed by atoms with Crippen LogP contribution in [-0.2, 0) is 10.0 Å². The molecule has 0 saturated heterocycles. The quantitative estimate of drug-likeness (QED) is 0.758. The van der Waals surface area contributed by atoms with Crippen LogP contribution in [0.25, 0.3) is 0 Å². The van der Waals surface area contributed by atoms with Crippen molar-refractivity contribution in [2.75, 3.05) is 4.72 Å². The van der Waals surface area contributed by atoms with Gasteiger partial charge in [-0.1, -0.05) is 15.9 Å². The molecule has 0 saturated carbocycles. The van der Waals surface area contributed by atoms with Gasteiger partial charge in [-0.3, -0.25) is 4.72 Å². The van der Waals surface area contributed by atoms with Gasteiger partial charge in [0.1, 0.15) is 16.5 Å². The molecule has 0 fully saturated rings. The Hall–Kier alpha value is -0.990. The molecule has 0 radical (unpaired) electrons. The summed E-state index contributed by atoms with van der Waals surface area (Å²) in [5.41, 5.74) is 0.661. The van der Waals surface area contributed by atoms with Crippen molar-refractivity contribution in [2.24, 2.45) is 0 Å². The Labute approximate surface area is 137 Å². The highest BCUT2D eigenvalue weighted by Gasteiger charge is 2.20. The van der Waals surface area contributed by atoms with Gasteiger partial charge in [0.15, 0.2) is 0 Å².